The lowest BCUT2D eigenvalue weighted by molar-refractivity contribution is -0.138. The molecule has 1 aliphatic rings. The topological polar surface area (TPSA) is 61.8 Å². The first-order valence-electron chi connectivity index (χ1n) is 7.70. The summed E-state index contributed by atoms with van der Waals surface area (Å²) < 4.78 is 44.3. The van der Waals surface area contributed by atoms with Crippen LogP contribution in [0.3, 0.4) is 0 Å². The molecule has 1 aliphatic heterocycles. The maximum atomic E-state index is 12.9. The second-order valence-corrected chi connectivity index (χ2v) is 6.01. The molecule has 2 rings (SSSR count). The van der Waals surface area contributed by atoms with E-state index in [0.29, 0.717) is 0 Å². The molecule has 2 atom stereocenters. The average molecular weight is 346 g/mol. The maximum Gasteiger partial charge on any atom is 0.416 e. The molecule has 0 spiro atoms. The fourth-order valence-electron chi connectivity index (χ4n) is 2.64. The van der Waals surface area contributed by atoms with E-state index in [1.807, 2.05) is 13.8 Å². The number of carbonyl (C=O) groups is 1. The number of nitrogens with one attached hydrogen (secondary N) is 1. The van der Waals surface area contributed by atoms with Crippen molar-refractivity contribution >= 4 is 6.03 Å². The summed E-state index contributed by atoms with van der Waals surface area (Å²) in [6.07, 6.45) is -5.85. The highest BCUT2D eigenvalue weighted by molar-refractivity contribution is 5.74. The number of alkyl halides is 3. The van der Waals surface area contributed by atoms with Crippen molar-refractivity contribution in [2.45, 2.75) is 44.9 Å². The molecule has 1 aromatic rings. The van der Waals surface area contributed by atoms with Gasteiger partial charge in [0.2, 0.25) is 0 Å². The molecule has 1 aromatic carbocycles. The summed E-state index contributed by atoms with van der Waals surface area (Å²) in [5.41, 5.74) is -0.777. The number of β-amino-alcohol motifs (C(OH)–C–C–N with tert-alkyl or cyclic N) is 1. The van der Waals surface area contributed by atoms with Crippen LogP contribution >= 0.6 is 0 Å². The lowest BCUT2D eigenvalue weighted by Crippen LogP contribution is -2.39. The Bertz CT molecular complexity index is 578. The van der Waals surface area contributed by atoms with E-state index in [4.69, 9.17) is 4.74 Å². The van der Waals surface area contributed by atoms with Gasteiger partial charge in [-0.25, -0.2) is 4.79 Å². The average Bonchev–Trinajstić information content (AvgIpc) is 2.84. The first kappa shape index (κ1) is 18.5. The highest BCUT2D eigenvalue weighted by Gasteiger charge is 2.36. The lowest BCUT2D eigenvalue weighted by atomic mass is 10.1. The van der Waals surface area contributed by atoms with E-state index < -0.39 is 30.0 Å². The van der Waals surface area contributed by atoms with E-state index in [1.54, 1.807) is 0 Å². The Morgan fingerprint density at radius 1 is 1.38 bits per heavy atom. The Morgan fingerprint density at radius 3 is 2.67 bits per heavy atom. The van der Waals surface area contributed by atoms with Crippen LogP contribution < -0.4 is 5.32 Å². The number of aliphatic hydroxyl groups excluding tert-OH is 1. The summed E-state index contributed by atoms with van der Waals surface area (Å²) >= 11 is 0. The van der Waals surface area contributed by atoms with Crippen molar-refractivity contribution in [3.8, 4) is 0 Å². The number of carbonyl (C=O) groups excluding carboxylic acids is 1. The molecule has 24 heavy (non-hydrogen) atoms. The Morgan fingerprint density at radius 2 is 2.04 bits per heavy atom. The molecule has 1 heterocycles. The predicted molar refractivity (Wildman–Crippen MR) is 81.3 cm³/mol. The third kappa shape index (κ3) is 4.61. The summed E-state index contributed by atoms with van der Waals surface area (Å²) in [5.74, 6) is 0. The first-order valence-corrected chi connectivity index (χ1v) is 7.70. The third-order valence-electron chi connectivity index (χ3n) is 3.72. The van der Waals surface area contributed by atoms with Crippen LogP contribution in [0.2, 0.25) is 0 Å². The minimum atomic E-state index is -4.47. The quantitative estimate of drug-likeness (QED) is 0.880. The number of hydrogen-bond acceptors (Lipinski definition) is 3. The van der Waals surface area contributed by atoms with E-state index in [2.05, 4.69) is 5.32 Å². The standard InChI is InChI=1S/C16H21F3N2O3/c1-10(2)24-14-9-21(8-13(14)22)15(23)20-7-11-5-3-4-6-12(11)16(17,18)19/h3-6,10,13-14,22H,7-9H2,1-2H3,(H,20,23)/t13-,14-/m0/s1. The highest BCUT2D eigenvalue weighted by atomic mass is 19.4. The van der Waals surface area contributed by atoms with E-state index in [9.17, 15) is 23.1 Å². The van der Waals surface area contributed by atoms with Crippen LogP contribution in [0.1, 0.15) is 25.0 Å². The van der Waals surface area contributed by atoms with Crippen LogP contribution in [0.15, 0.2) is 24.3 Å². The van der Waals surface area contributed by atoms with Gasteiger partial charge in [-0.3, -0.25) is 0 Å². The Kier molecular flexibility index (Phi) is 5.71. The van der Waals surface area contributed by atoms with Gasteiger partial charge in [0.05, 0.1) is 30.9 Å². The minimum absolute atomic E-state index is 0.00641. The van der Waals surface area contributed by atoms with Crippen molar-refractivity contribution in [2.24, 2.45) is 0 Å². The third-order valence-corrected chi connectivity index (χ3v) is 3.72. The van der Waals surface area contributed by atoms with E-state index in [0.717, 1.165) is 6.07 Å². The van der Waals surface area contributed by atoms with Crippen molar-refractivity contribution in [1.82, 2.24) is 10.2 Å². The summed E-state index contributed by atoms with van der Waals surface area (Å²) in [6.45, 7) is 3.69. The molecule has 0 saturated carbocycles. The van der Waals surface area contributed by atoms with E-state index >= 15 is 0 Å². The Hall–Kier alpha value is -1.80. The molecule has 0 aliphatic carbocycles. The largest absolute Gasteiger partial charge is 0.416 e. The number of aliphatic hydroxyl groups is 1. The first-order chi connectivity index (χ1) is 11.2. The Balaban J connectivity index is 1.95. The molecule has 1 saturated heterocycles. The molecule has 1 fully saturated rings. The van der Waals surface area contributed by atoms with Gasteiger partial charge < -0.3 is 20.1 Å². The van der Waals surface area contributed by atoms with Gasteiger partial charge in [0.1, 0.15) is 6.10 Å². The van der Waals surface area contributed by atoms with Gasteiger partial charge >= 0.3 is 12.2 Å². The number of nitrogens with zero attached hydrogens (tertiary/aromatic N) is 1. The van der Waals surface area contributed by atoms with Crippen molar-refractivity contribution in [2.75, 3.05) is 13.1 Å². The zero-order chi connectivity index (χ0) is 17.9. The van der Waals surface area contributed by atoms with Crippen molar-refractivity contribution < 1.29 is 27.8 Å². The maximum absolute atomic E-state index is 12.9. The van der Waals surface area contributed by atoms with E-state index in [1.165, 1.54) is 23.1 Å². The number of benzene rings is 1. The molecule has 0 bridgehead atoms. The molecule has 8 heteroatoms. The smallest absolute Gasteiger partial charge is 0.388 e. The zero-order valence-corrected chi connectivity index (χ0v) is 13.5. The van der Waals surface area contributed by atoms with Gasteiger partial charge in [0, 0.05) is 6.54 Å². The fourth-order valence-corrected chi connectivity index (χ4v) is 2.64. The SMILES string of the molecule is CC(C)O[C@H]1CN(C(=O)NCc2ccccc2C(F)(F)F)C[C@@H]1O. The van der Waals surface area contributed by atoms with Crippen molar-refractivity contribution in [3.05, 3.63) is 35.4 Å². The summed E-state index contributed by atoms with van der Waals surface area (Å²) in [5, 5.41) is 12.4. The minimum Gasteiger partial charge on any atom is -0.388 e. The van der Waals surface area contributed by atoms with Crippen LogP contribution in [0.25, 0.3) is 0 Å². The number of hydrogen-bond donors (Lipinski definition) is 2. The van der Waals surface area contributed by atoms with Crippen LogP contribution in [0.4, 0.5) is 18.0 Å². The molecular weight excluding hydrogens is 325 g/mol. The second kappa shape index (κ2) is 7.40. The molecular formula is C16H21F3N2O3. The van der Waals surface area contributed by atoms with Gasteiger partial charge in [-0.1, -0.05) is 18.2 Å². The monoisotopic (exact) mass is 346 g/mol. The van der Waals surface area contributed by atoms with Crippen LogP contribution in [0, 0.1) is 0 Å². The van der Waals surface area contributed by atoms with Crippen LogP contribution in [-0.2, 0) is 17.5 Å². The van der Waals surface area contributed by atoms with Crippen LogP contribution in [0.5, 0.6) is 0 Å². The molecule has 5 nitrogen and oxygen atoms in total. The van der Waals surface area contributed by atoms with Gasteiger partial charge in [-0.2, -0.15) is 13.2 Å². The molecule has 0 aromatic heterocycles. The number of urea groups is 1. The van der Waals surface area contributed by atoms with Gasteiger partial charge in [-0.05, 0) is 25.5 Å². The second-order valence-electron chi connectivity index (χ2n) is 6.01. The van der Waals surface area contributed by atoms with Gasteiger partial charge in [0.15, 0.2) is 0 Å². The highest BCUT2D eigenvalue weighted by Crippen LogP contribution is 2.31. The molecule has 134 valence electrons. The van der Waals surface area contributed by atoms with Gasteiger partial charge in [-0.15, -0.1) is 0 Å². The fraction of sp³-hybridized carbons (Fsp3) is 0.562. The normalized spacial score (nSPS) is 21.4. The zero-order valence-electron chi connectivity index (χ0n) is 13.5. The number of halogens is 3. The number of amides is 2. The number of rotatable bonds is 4. The summed E-state index contributed by atoms with van der Waals surface area (Å²) in [4.78, 5) is 13.5. The summed E-state index contributed by atoms with van der Waals surface area (Å²) in [6, 6.07) is 4.57. The Labute approximate surface area is 138 Å². The molecule has 0 radical (unpaired) electrons. The van der Waals surface area contributed by atoms with E-state index in [-0.39, 0.29) is 31.3 Å². The van der Waals surface area contributed by atoms with Crippen molar-refractivity contribution in [1.29, 1.82) is 0 Å². The summed E-state index contributed by atoms with van der Waals surface area (Å²) in [7, 11) is 0. The number of likely N-dealkylation sites (tertiary alicyclic amines) is 1. The molecule has 2 N–H and O–H groups in total. The molecule has 2 amide bonds. The van der Waals surface area contributed by atoms with Crippen molar-refractivity contribution in [3.63, 3.8) is 0 Å². The van der Waals surface area contributed by atoms with Gasteiger partial charge in [0.25, 0.3) is 0 Å². The molecule has 0 unspecified atom stereocenters. The number of ether oxygens (including phenoxy) is 1. The lowest BCUT2D eigenvalue weighted by Gasteiger charge is -2.19. The predicted octanol–water partition coefficient (Wildman–Crippen LogP) is 2.39. The van der Waals surface area contributed by atoms with Crippen LogP contribution in [-0.4, -0.2) is 47.4 Å².